The van der Waals surface area contributed by atoms with E-state index in [9.17, 15) is 10.2 Å². The van der Waals surface area contributed by atoms with Crippen molar-refractivity contribution in [2.45, 2.75) is 25.4 Å². The first-order valence-corrected chi connectivity index (χ1v) is 8.11. The zero-order chi connectivity index (χ0) is 16.5. The first-order chi connectivity index (χ1) is 11.7. The van der Waals surface area contributed by atoms with Crippen molar-refractivity contribution in [1.82, 2.24) is 0 Å². The molecule has 0 saturated carbocycles. The third-order valence-electron chi connectivity index (χ3n) is 4.65. The second kappa shape index (κ2) is 5.96. The van der Waals surface area contributed by atoms with Crippen LogP contribution in [0.2, 0.25) is 0 Å². The van der Waals surface area contributed by atoms with Crippen molar-refractivity contribution in [3.63, 3.8) is 0 Å². The van der Waals surface area contributed by atoms with Gasteiger partial charge in [-0.05, 0) is 48.7 Å². The summed E-state index contributed by atoms with van der Waals surface area (Å²) in [6, 6.07) is 17.1. The smallest absolute Gasteiger partial charge is 0.126 e. The summed E-state index contributed by atoms with van der Waals surface area (Å²) in [4.78, 5) is 2.27. The molecule has 0 bridgehead atoms. The second-order valence-electron chi connectivity index (χ2n) is 6.14. The molecule has 2 heterocycles. The van der Waals surface area contributed by atoms with Crippen LogP contribution in [-0.2, 0) is 13.0 Å². The van der Waals surface area contributed by atoms with Crippen molar-refractivity contribution < 1.29 is 14.6 Å². The zero-order valence-corrected chi connectivity index (χ0v) is 13.2. The molecule has 4 heteroatoms. The molecule has 4 nitrogen and oxygen atoms in total. The van der Waals surface area contributed by atoms with Gasteiger partial charge < -0.3 is 19.5 Å². The molecule has 0 saturated heterocycles. The number of fused-ring (bicyclic) bond motifs is 1. The normalized spacial score (nSPS) is 16.8. The van der Waals surface area contributed by atoms with E-state index < -0.39 is 0 Å². The van der Waals surface area contributed by atoms with Crippen molar-refractivity contribution in [3.05, 3.63) is 77.7 Å². The van der Waals surface area contributed by atoms with Crippen LogP contribution < -0.4 is 4.90 Å². The second-order valence-corrected chi connectivity index (χ2v) is 6.14. The van der Waals surface area contributed by atoms with E-state index in [1.165, 1.54) is 11.6 Å². The summed E-state index contributed by atoms with van der Waals surface area (Å²) in [6.07, 6.45) is 3.66. The van der Waals surface area contributed by atoms with Gasteiger partial charge in [0.15, 0.2) is 0 Å². The molecule has 2 N–H and O–H groups in total. The number of nitrogens with zero attached hydrogens (tertiary/aromatic N) is 1. The van der Waals surface area contributed by atoms with Crippen molar-refractivity contribution >= 4 is 5.69 Å². The van der Waals surface area contributed by atoms with Crippen LogP contribution in [0, 0.1) is 0 Å². The maximum absolute atomic E-state index is 10.2. The number of aromatic hydroxyl groups is 2. The molecule has 3 aromatic rings. The molecule has 2 aromatic carbocycles. The van der Waals surface area contributed by atoms with E-state index in [0.717, 1.165) is 29.9 Å². The number of phenolic OH excluding ortho intramolecular Hbond substituents is 2. The van der Waals surface area contributed by atoms with E-state index in [4.69, 9.17) is 4.42 Å². The highest BCUT2D eigenvalue weighted by Crippen LogP contribution is 2.40. The van der Waals surface area contributed by atoms with Gasteiger partial charge in [0.05, 0.1) is 12.3 Å². The van der Waals surface area contributed by atoms with Crippen LogP contribution in [0.4, 0.5) is 5.69 Å². The standard InChI is InChI=1S/C20H19NO3/c22-16-9-7-15(19(23)12-16)13-21-17-5-2-1-4-14(17)8-10-18(21)20-6-3-11-24-20/h1-7,9,11-12,18,22-23H,8,10,13H2. The summed E-state index contributed by atoms with van der Waals surface area (Å²) >= 11 is 0. The van der Waals surface area contributed by atoms with Crippen molar-refractivity contribution in [1.29, 1.82) is 0 Å². The Balaban J connectivity index is 1.75. The first kappa shape index (κ1) is 14.7. The summed E-state index contributed by atoms with van der Waals surface area (Å²) in [7, 11) is 0. The number of furan rings is 1. The molecule has 4 rings (SSSR count). The Kier molecular flexibility index (Phi) is 3.65. The van der Waals surface area contributed by atoms with E-state index in [1.54, 1.807) is 18.4 Å². The minimum absolute atomic E-state index is 0.0675. The number of hydrogen-bond donors (Lipinski definition) is 2. The number of hydrogen-bond acceptors (Lipinski definition) is 4. The summed E-state index contributed by atoms with van der Waals surface area (Å²) in [5, 5.41) is 19.7. The minimum Gasteiger partial charge on any atom is -0.508 e. The maximum Gasteiger partial charge on any atom is 0.126 e. The van der Waals surface area contributed by atoms with Gasteiger partial charge in [0, 0.05) is 23.9 Å². The summed E-state index contributed by atoms with van der Waals surface area (Å²) in [5.41, 5.74) is 3.25. The Morgan fingerprint density at radius 1 is 1.04 bits per heavy atom. The van der Waals surface area contributed by atoms with Crippen molar-refractivity contribution in [2.24, 2.45) is 0 Å². The molecule has 1 unspecified atom stereocenters. The number of aryl methyl sites for hydroxylation is 1. The van der Waals surface area contributed by atoms with Crippen LogP contribution in [0.15, 0.2) is 65.3 Å². The van der Waals surface area contributed by atoms with Crippen molar-refractivity contribution in [3.8, 4) is 11.5 Å². The average molecular weight is 321 g/mol. The largest absolute Gasteiger partial charge is 0.508 e. The SMILES string of the molecule is Oc1ccc(CN2c3ccccc3CCC2c2ccco2)c(O)c1. The van der Waals surface area contributed by atoms with E-state index >= 15 is 0 Å². The molecule has 122 valence electrons. The lowest BCUT2D eigenvalue weighted by Gasteiger charge is -2.38. The Morgan fingerprint density at radius 3 is 2.71 bits per heavy atom. The minimum atomic E-state index is 0.0675. The highest BCUT2D eigenvalue weighted by Gasteiger charge is 2.29. The van der Waals surface area contributed by atoms with E-state index in [-0.39, 0.29) is 17.5 Å². The predicted molar refractivity (Wildman–Crippen MR) is 92.2 cm³/mol. The fourth-order valence-corrected chi connectivity index (χ4v) is 3.46. The molecule has 0 amide bonds. The molecule has 1 atom stereocenters. The highest BCUT2D eigenvalue weighted by atomic mass is 16.3. The molecule has 24 heavy (non-hydrogen) atoms. The topological polar surface area (TPSA) is 56.8 Å². The highest BCUT2D eigenvalue weighted by molar-refractivity contribution is 5.58. The van der Waals surface area contributed by atoms with Gasteiger partial charge in [-0.1, -0.05) is 18.2 Å². The van der Waals surface area contributed by atoms with E-state index in [0.29, 0.717) is 6.54 Å². The molecular weight excluding hydrogens is 302 g/mol. The number of para-hydroxylation sites is 1. The molecular formula is C20H19NO3. The van der Waals surface area contributed by atoms with Crippen LogP contribution in [0.25, 0.3) is 0 Å². The molecule has 1 aliphatic rings. The fraction of sp³-hybridized carbons (Fsp3) is 0.200. The van der Waals surface area contributed by atoms with E-state index in [1.807, 2.05) is 18.2 Å². The quantitative estimate of drug-likeness (QED) is 0.751. The third-order valence-corrected chi connectivity index (χ3v) is 4.65. The maximum atomic E-state index is 10.2. The van der Waals surface area contributed by atoms with Gasteiger partial charge in [-0.2, -0.15) is 0 Å². The molecule has 1 aromatic heterocycles. The monoisotopic (exact) mass is 321 g/mol. The van der Waals surface area contributed by atoms with E-state index in [2.05, 4.69) is 23.1 Å². The van der Waals surface area contributed by atoms with Gasteiger partial charge in [0.2, 0.25) is 0 Å². The number of rotatable bonds is 3. The Morgan fingerprint density at radius 2 is 1.92 bits per heavy atom. The molecule has 0 radical (unpaired) electrons. The lowest BCUT2D eigenvalue weighted by atomic mass is 9.93. The van der Waals surface area contributed by atoms with Crippen LogP contribution in [0.5, 0.6) is 11.5 Å². The van der Waals surface area contributed by atoms with Crippen LogP contribution in [0.3, 0.4) is 0 Å². The lowest BCUT2D eigenvalue weighted by molar-refractivity contribution is 0.414. The average Bonchev–Trinajstić information content (AvgIpc) is 3.12. The van der Waals surface area contributed by atoms with Gasteiger partial charge >= 0.3 is 0 Å². The van der Waals surface area contributed by atoms with Gasteiger partial charge in [-0.25, -0.2) is 0 Å². The summed E-state index contributed by atoms with van der Waals surface area (Å²) < 4.78 is 5.66. The zero-order valence-electron chi connectivity index (χ0n) is 13.2. The van der Waals surface area contributed by atoms with Crippen LogP contribution >= 0.6 is 0 Å². The van der Waals surface area contributed by atoms with Crippen LogP contribution in [-0.4, -0.2) is 10.2 Å². The Bertz CT molecular complexity index is 842. The third kappa shape index (κ3) is 2.60. The molecule has 0 aliphatic carbocycles. The van der Waals surface area contributed by atoms with Gasteiger partial charge in [-0.3, -0.25) is 0 Å². The Hall–Kier alpha value is -2.88. The number of anilines is 1. The number of benzene rings is 2. The molecule has 0 spiro atoms. The summed E-state index contributed by atoms with van der Waals surface area (Å²) in [5.74, 6) is 1.11. The number of phenols is 2. The lowest BCUT2D eigenvalue weighted by Crippen LogP contribution is -2.32. The summed E-state index contributed by atoms with van der Waals surface area (Å²) in [6.45, 7) is 0.550. The van der Waals surface area contributed by atoms with Gasteiger partial charge in [0.25, 0.3) is 0 Å². The molecule has 0 fully saturated rings. The first-order valence-electron chi connectivity index (χ1n) is 8.11. The molecule has 1 aliphatic heterocycles. The fourth-order valence-electron chi connectivity index (χ4n) is 3.46. The van der Waals surface area contributed by atoms with Gasteiger partial charge in [-0.15, -0.1) is 0 Å². The van der Waals surface area contributed by atoms with Crippen molar-refractivity contribution in [2.75, 3.05) is 4.90 Å². The van der Waals surface area contributed by atoms with Crippen LogP contribution in [0.1, 0.15) is 29.3 Å². The van der Waals surface area contributed by atoms with Gasteiger partial charge in [0.1, 0.15) is 17.3 Å². The Labute approximate surface area is 140 Å². The predicted octanol–water partition coefficient (Wildman–Crippen LogP) is 4.38.